The highest BCUT2D eigenvalue weighted by atomic mass is 35.5. The van der Waals surface area contributed by atoms with Crippen LogP contribution in [0.2, 0.25) is 15.1 Å². The summed E-state index contributed by atoms with van der Waals surface area (Å²) in [6.45, 7) is 0.447. The molecule has 2 aromatic rings. The third-order valence-electron chi connectivity index (χ3n) is 4.96. The van der Waals surface area contributed by atoms with Crippen molar-refractivity contribution in [2.24, 2.45) is 5.92 Å². The fourth-order valence-corrected chi connectivity index (χ4v) is 5.96. The smallest absolute Gasteiger partial charge is 0.228 e. The van der Waals surface area contributed by atoms with Gasteiger partial charge in [0.2, 0.25) is 15.9 Å². The molecule has 0 aliphatic carbocycles. The summed E-state index contributed by atoms with van der Waals surface area (Å²) in [6.07, 6.45) is 1.17. The van der Waals surface area contributed by atoms with Crippen molar-refractivity contribution in [3.05, 3.63) is 57.0 Å². The summed E-state index contributed by atoms with van der Waals surface area (Å²) in [5, 5.41) is 3.78. The molecule has 1 N–H and O–H groups in total. The lowest BCUT2D eigenvalue weighted by Crippen LogP contribution is -2.44. The highest BCUT2D eigenvalue weighted by Gasteiger charge is 2.33. The number of sulfonamides is 1. The van der Waals surface area contributed by atoms with E-state index in [9.17, 15) is 13.2 Å². The highest BCUT2D eigenvalue weighted by Crippen LogP contribution is 2.30. The molecule has 1 heterocycles. The monoisotopic (exact) mass is 490 g/mol. The van der Waals surface area contributed by atoms with Crippen molar-refractivity contribution in [1.82, 2.24) is 4.31 Å². The maximum absolute atomic E-state index is 12.9. The topological polar surface area (TPSA) is 75.7 Å². The van der Waals surface area contributed by atoms with Gasteiger partial charge in [0.15, 0.2) is 0 Å². The normalized spacial score (nSPS) is 17.5. The lowest BCUT2D eigenvalue weighted by atomic mass is 9.98. The van der Waals surface area contributed by atoms with E-state index < -0.39 is 15.9 Å². The van der Waals surface area contributed by atoms with Gasteiger partial charge in [-0.3, -0.25) is 4.79 Å². The molecule has 1 fully saturated rings. The third-order valence-corrected chi connectivity index (χ3v) is 7.73. The van der Waals surface area contributed by atoms with Gasteiger partial charge in [0.1, 0.15) is 5.75 Å². The van der Waals surface area contributed by atoms with E-state index in [1.165, 1.54) is 11.4 Å². The predicted molar refractivity (Wildman–Crippen MR) is 120 cm³/mol. The summed E-state index contributed by atoms with van der Waals surface area (Å²) in [4.78, 5) is 12.7. The molecule has 0 unspecified atom stereocenters. The number of hydrogen-bond donors (Lipinski definition) is 1. The minimum Gasteiger partial charge on any atom is -0.495 e. The van der Waals surface area contributed by atoms with E-state index >= 15 is 0 Å². The summed E-state index contributed by atoms with van der Waals surface area (Å²) >= 11 is 18.4. The summed E-state index contributed by atoms with van der Waals surface area (Å²) in [7, 11) is -2.18. The van der Waals surface area contributed by atoms with E-state index in [2.05, 4.69) is 5.32 Å². The van der Waals surface area contributed by atoms with Crippen molar-refractivity contribution in [1.29, 1.82) is 0 Å². The largest absolute Gasteiger partial charge is 0.495 e. The molecule has 0 saturated carbocycles. The number of hydrogen-bond acceptors (Lipinski definition) is 4. The predicted octanol–water partition coefficient (Wildman–Crippen LogP) is 4.84. The van der Waals surface area contributed by atoms with Gasteiger partial charge < -0.3 is 10.1 Å². The lowest BCUT2D eigenvalue weighted by molar-refractivity contribution is -0.120. The van der Waals surface area contributed by atoms with Crippen molar-refractivity contribution in [2.45, 2.75) is 18.6 Å². The molecule has 3 rings (SSSR count). The minimum absolute atomic E-state index is 0.0973. The highest BCUT2D eigenvalue weighted by molar-refractivity contribution is 7.88. The number of anilines is 1. The molecule has 6 nitrogen and oxygen atoms in total. The Hall–Kier alpha value is -1.51. The van der Waals surface area contributed by atoms with Crippen LogP contribution in [0.3, 0.4) is 0 Å². The lowest BCUT2D eigenvalue weighted by Gasteiger charge is -2.31. The van der Waals surface area contributed by atoms with E-state index in [1.54, 1.807) is 36.4 Å². The number of carbonyl (C=O) groups excluding carboxylic acids is 1. The standard InChI is InChI=1S/C20H21Cl3N2O4S/c1-29-19-8-7-14(10-18(19)23)24-20(26)13-4-3-9-25(11-13)30(27,28)12-15-16(21)5-2-6-17(15)22/h2,5-8,10,13H,3-4,9,11-12H2,1H3,(H,24,26)/t13-/m1/s1. The van der Waals surface area contributed by atoms with E-state index in [-0.39, 0.29) is 18.2 Å². The number of halogens is 3. The average molecular weight is 492 g/mol. The molecule has 0 spiro atoms. The van der Waals surface area contributed by atoms with E-state index in [4.69, 9.17) is 39.5 Å². The summed E-state index contributed by atoms with van der Waals surface area (Å²) in [5.74, 6) is -0.542. The molecule has 0 aromatic heterocycles. The first-order chi connectivity index (χ1) is 14.2. The number of benzene rings is 2. The van der Waals surface area contributed by atoms with Gasteiger partial charge in [-0.25, -0.2) is 12.7 Å². The molecule has 1 aliphatic heterocycles. The fourth-order valence-electron chi connectivity index (χ4n) is 3.34. The Morgan fingerprint density at radius 3 is 2.50 bits per heavy atom. The zero-order valence-corrected chi connectivity index (χ0v) is 19.3. The molecule has 0 radical (unpaired) electrons. The minimum atomic E-state index is -3.69. The van der Waals surface area contributed by atoms with Crippen LogP contribution in [0.15, 0.2) is 36.4 Å². The second-order valence-electron chi connectivity index (χ2n) is 6.99. The van der Waals surface area contributed by atoms with Crippen LogP contribution >= 0.6 is 34.8 Å². The van der Waals surface area contributed by atoms with Crippen LogP contribution in [0.5, 0.6) is 5.75 Å². The van der Waals surface area contributed by atoms with Gasteiger partial charge >= 0.3 is 0 Å². The van der Waals surface area contributed by atoms with Gasteiger partial charge in [-0.05, 0) is 43.2 Å². The van der Waals surface area contributed by atoms with Crippen LogP contribution in [0.25, 0.3) is 0 Å². The Labute approximate surface area is 191 Å². The Morgan fingerprint density at radius 2 is 1.87 bits per heavy atom. The first kappa shape index (κ1) is 23.2. The van der Waals surface area contributed by atoms with Crippen molar-refractivity contribution in [3.63, 3.8) is 0 Å². The average Bonchev–Trinajstić information content (AvgIpc) is 2.71. The Balaban J connectivity index is 1.69. The second kappa shape index (κ2) is 9.75. The molecule has 1 aliphatic rings. The van der Waals surface area contributed by atoms with Crippen LogP contribution in [0, 0.1) is 5.92 Å². The second-order valence-corrected chi connectivity index (χ2v) is 10.2. The number of amides is 1. The van der Waals surface area contributed by atoms with Gasteiger partial charge in [-0.2, -0.15) is 0 Å². The Kier molecular flexibility index (Phi) is 7.52. The number of ether oxygens (including phenoxy) is 1. The summed E-state index contributed by atoms with van der Waals surface area (Å²) < 4.78 is 32.3. The molecule has 1 saturated heterocycles. The molecule has 162 valence electrons. The first-order valence-electron chi connectivity index (χ1n) is 9.26. The van der Waals surface area contributed by atoms with Crippen molar-refractivity contribution >= 4 is 56.4 Å². The van der Waals surface area contributed by atoms with Gasteiger partial charge in [-0.15, -0.1) is 0 Å². The SMILES string of the molecule is COc1ccc(NC(=O)[C@@H]2CCCN(S(=O)(=O)Cc3c(Cl)cccc3Cl)C2)cc1Cl. The first-order valence-corrected chi connectivity index (χ1v) is 12.0. The molecular weight excluding hydrogens is 471 g/mol. The number of methoxy groups -OCH3 is 1. The maximum atomic E-state index is 12.9. The van der Waals surface area contributed by atoms with Crippen LogP contribution in [0.4, 0.5) is 5.69 Å². The number of carbonyl (C=O) groups is 1. The fraction of sp³-hybridized carbons (Fsp3) is 0.350. The van der Waals surface area contributed by atoms with Gasteiger partial charge in [0.25, 0.3) is 0 Å². The van der Waals surface area contributed by atoms with Gasteiger partial charge in [0.05, 0.1) is 23.8 Å². The van der Waals surface area contributed by atoms with Gasteiger partial charge in [-0.1, -0.05) is 40.9 Å². The number of nitrogens with one attached hydrogen (secondary N) is 1. The van der Waals surface area contributed by atoms with Crippen LogP contribution in [0.1, 0.15) is 18.4 Å². The van der Waals surface area contributed by atoms with E-state index in [1.807, 2.05) is 0 Å². The molecule has 10 heteroatoms. The van der Waals surface area contributed by atoms with E-state index in [0.29, 0.717) is 51.5 Å². The van der Waals surface area contributed by atoms with E-state index in [0.717, 1.165) is 0 Å². The summed E-state index contributed by atoms with van der Waals surface area (Å²) in [5.41, 5.74) is 0.883. The molecule has 30 heavy (non-hydrogen) atoms. The zero-order valence-electron chi connectivity index (χ0n) is 16.2. The van der Waals surface area contributed by atoms with Crippen LogP contribution in [-0.2, 0) is 20.6 Å². The van der Waals surface area contributed by atoms with Crippen molar-refractivity contribution in [2.75, 3.05) is 25.5 Å². The zero-order chi connectivity index (χ0) is 21.9. The molecule has 1 amide bonds. The summed E-state index contributed by atoms with van der Waals surface area (Å²) in [6, 6.07) is 9.79. The van der Waals surface area contributed by atoms with Gasteiger partial charge in [0, 0.05) is 34.4 Å². The Bertz CT molecular complexity index is 1030. The maximum Gasteiger partial charge on any atom is 0.228 e. The quantitative estimate of drug-likeness (QED) is 0.627. The number of rotatable bonds is 6. The molecular formula is C20H21Cl3N2O4S. The molecule has 2 aromatic carbocycles. The van der Waals surface area contributed by atoms with Crippen LogP contribution < -0.4 is 10.1 Å². The third kappa shape index (κ3) is 5.39. The number of nitrogens with zero attached hydrogens (tertiary/aromatic N) is 1. The molecule has 0 bridgehead atoms. The Morgan fingerprint density at radius 1 is 1.17 bits per heavy atom. The van der Waals surface area contributed by atoms with Crippen LogP contribution in [-0.4, -0.2) is 38.8 Å². The van der Waals surface area contributed by atoms with Crippen molar-refractivity contribution < 1.29 is 17.9 Å². The number of piperidine rings is 1. The van der Waals surface area contributed by atoms with Crippen molar-refractivity contribution in [3.8, 4) is 5.75 Å². The molecule has 1 atom stereocenters.